The number of sulfonamides is 1. The van der Waals surface area contributed by atoms with Gasteiger partial charge in [-0.3, -0.25) is 9.71 Å². The first-order chi connectivity index (χ1) is 18.8. The molecule has 1 aliphatic rings. The van der Waals surface area contributed by atoms with E-state index in [1.807, 2.05) is 43.0 Å². The van der Waals surface area contributed by atoms with Crippen LogP contribution in [0.3, 0.4) is 0 Å². The topological polar surface area (TPSA) is 79.3 Å². The molecule has 2 aromatic heterocycles. The second-order valence-electron chi connectivity index (χ2n) is 9.63. The second kappa shape index (κ2) is 10.3. The van der Waals surface area contributed by atoms with E-state index in [9.17, 15) is 21.6 Å². The smallest absolute Gasteiger partial charge is 0.351 e. The van der Waals surface area contributed by atoms with Crippen LogP contribution >= 0.6 is 12.2 Å². The molecule has 1 saturated heterocycles. The maximum absolute atomic E-state index is 13.5. The van der Waals surface area contributed by atoms with Crippen molar-refractivity contribution < 1.29 is 21.6 Å². The van der Waals surface area contributed by atoms with Gasteiger partial charge in [0.1, 0.15) is 0 Å². The van der Waals surface area contributed by atoms with Gasteiger partial charge in [0.25, 0.3) is 0 Å². The molecule has 0 bridgehead atoms. The Kier molecular flexibility index (Phi) is 7.09. The van der Waals surface area contributed by atoms with Gasteiger partial charge in [-0.15, -0.1) is 0 Å². The summed E-state index contributed by atoms with van der Waals surface area (Å²) in [4.78, 5) is 6.48. The predicted octanol–water partition coefficient (Wildman–Crippen LogP) is 6.06. The summed E-state index contributed by atoms with van der Waals surface area (Å²) in [5.74, 6) is 0. The molecule has 5 rings (SSSR count). The molecule has 208 valence electrons. The van der Waals surface area contributed by atoms with Gasteiger partial charge in [0.2, 0.25) is 10.0 Å². The lowest BCUT2D eigenvalue weighted by molar-refractivity contribution is -0.137. The minimum Gasteiger partial charge on any atom is -0.351 e. The standard InChI is InChI=1S/C28H26F3N5O2S2/c1-17-15-23(18(2)35(17)22-8-6-7-19(16-22)28(29,30)31)26-25(24-9-4-5-14-32-24)33-27(39)36(26)21-12-10-20(11-13-21)34-40(3,37)38/h4-16,25-26,34H,1-3H3,(H,33,39). The molecule has 2 unspecified atom stereocenters. The molecule has 40 heavy (non-hydrogen) atoms. The molecule has 3 heterocycles. The lowest BCUT2D eigenvalue weighted by Crippen LogP contribution is -2.29. The lowest BCUT2D eigenvalue weighted by Gasteiger charge is -2.28. The van der Waals surface area contributed by atoms with Crippen LogP contribution in [0.15, 0.2) is 79.0 Å². The van der Waals surface area contributed by atoms with Crippen molar-refractivity contribution in [3.63, 3.8) is 0 Å². The van der Waals surface area contributed by atoms with Crippen molar-refractivity contribution in [3.05, 3.63) is 107 Å². The summed E-state index contributed by atoms with van der Waals surface area (Å²) < 4.78 is 68.1. The molecular weight excluding hydrogens is 559 g/mol. The molecule has 12 heteroatoms. The Labute approximate surface area is 235 Å². The van der Waals surface area contributed by atoms with Gasteiger partial charge in [-0.25, -0.2) is 8.42 Å². The average molecular weight is 586 g/mol. The van der Waals surface area contributed by atoms with Crippen LogP contribution in [0.4, 0.5) is 24.5 Å². The Morgan fingerprint density at radius 1 is 0.975 bits per heavy atom. The summed E-state index contributed by atoms with van der Waals surface area (Å²) in [5, 5.41) is 3.81. The Hall–Kier alpha value is -3.90. The third kappa shape index (κ3) is 5.41. The van der Waals surface area contributed by atoms with E-state index in [-0.39, 0.29) is 6.04 Å². The van der Waals surface area contributed by atoms with Crippen LogP contribution in [-0.2, 0) is 16.2 Å². The second-order valence-corrected chi connectivity index (χ2v) is 11.8. The van der Waals surface area contributed by atoms with E-state index in [2.05, 4.69) is 15.0 Å². The molecule has 4 aromatic rings. The molecule has 2 aromatic carbocycles. The van der Waals surface area contributed by atoms with Crippen molar-refractivity contribution in [2.24, 2.45) is 0 Å². The fourth-order valence-electron chi connectivity index (χ4n) is 5.16. The van der Waals surface area contributed by atoms with E-state index in [0.29, 0.717) is 22.2 Å². The summed E-state index contributed by atoms with van der Waals surface area (Å²) in [6, 6.07) is 18.9. The summed E-state index contributed by atoms with van der Waals surface area (Å²) in [6.45, 7) is 3.72. The predicted molar refractivity (Wildman–Crippen MR) is 153 cm³/mol. The molecule has 1 fully saturated rings. The van der Waals surface area contributed by atoms with Crippen molar-refractivity contribution in [3.8, 4) is 5.69 Å². The van der Waals surface area contributed by atoms with Crippen LogP contribution in [0.2, 0.25) is 0 Å². The highest BCUT2D eigenvalue weighted by Crippen LogP contribution is 2.44. The number of nitrogens with one attached hydrogen (secondary N) is 2. The van der Waals surface area contributed by atoms with Gasteiger partial charge < -0.3 is 14.8 Å². The van der Waals surface area contributed by atoms with Gasteiger partial charge in [0, 0.05) is 34.6 Å². The fourth-order valence-corrected chi connectivity index (χ4v) is 6.07. The van der Waals surface area contributed by atoms with Crippen LogP contribution < -0.4 is 14.9 Å². The molecule has 0 radical (unpaired) electrons. The van der Waals surface area contributed by atoms with Gasteiger partial charge in [-0.05, 0) is 92.3 Å². The van der Waals surface area contributed by atoms with Crippen LogP contribution in [0.5, 0.6) is 0 Å². The summed E-state index contributed by atoms with van der Waals surface area (Å²) in [6.07, 6.45) is -1.69. The normalized spacial score (nSPS) is 17.6. The molecule has 0 spiro atoms. The Morgan fingerprint density at radius 3 is 2.33 bits per heavy atom. The first kappa shape index (κ1) is 27.7. The number of halogens is 3. The number of aryl methyl sites for hydroxylation is 1. The van der Waals surface area contributed by atoms with Crippen LogP contribution in [0.25, 0.3) is 5.69 Å². The maximum Gasteiger partial charge on any atom is 0.416 e. The molecule has 2 N–H and O–H groups in total. The number of alkyl halides is 3. The van der Waals surface area contributed by atoms with Crippen LogP contribution in [-0.4, -0.2) is 29.3 Å². The largest absolute Gasteiger partial charge is 0.416 e. The summed E-state index contributed by atoms with van der Waals surface area (Å²) >= 11 is 5.78. The summed E-state index contributed by atoms with van der Waals surface area (Å²) in [7, 11) is -3.45. The number of pyridine rings is 1. The molecule has 2 atom stereocenters. The average Bonchev–Trinajstić information content (AvgIpc) is 3.38. The molecule has 0 amide bonds. The summed E-state index contributed by atoms with van der Waals surface area (Å²) in [5.41, 5.74) is 3.92. The first-order valence-electron chi connectivity index (χ1n) is 12.3. The zero-order valence-electron chi connectivity index (χ0n) is 21.8. The number of aromatic nitrogens is 2. The number of nitrogens with zero attached hydrogens (tertiary/aromatic N) is 3. The van der Waals surface area contributed by atoms with Gasteiger partial charge in [-0.2, -0.15) is 13.2 Å². The number of hydrogen-bond donors (Lipinski definition) is 2. The van der Waals surface area contributed by atoms with Crippen LogP contribution in [0.1, 0.15) is 40.3 Å². The third-order valence-corrected chi connectivity index (χ3v) is 7.69. The van der Waals surface area contributed by atoms with Crippen LogP contribution in [0, 0.1) is 13.8 Å². The zero-order chi connectivity index (χ0) is 28.8. The highest BCUT2D eigenvalue weighted by Gasteiger charge is 2.42. The number of anilines is 2. The molecule has 0 saturated carbocycles. The fraction of sp³-hybridized carbons (Fsp3) is 0.214. The minimum atomic E-state index is -4.46. The van der Waals surface area contributed by atoms with Crippen molar-refractivity contribution in [1.82, 2.24) is 14.9 Å². The van der Waals surface area contributed by atoms with E-state index >= 15 is 0 Å². The van der Waals surface area contributed by atoms with Crippen molar-refractivity contribution in [2.75, 3.05) is 15.9 Å². The quantitative estimate of drug-likeness (QED) is 0.268. The van der Waals surface area contributed by atoms with Gasteiger partial charge in [-0.1, -0.05) is 12.1 Å². The van der Waals surface area contributed by atoms with Gasteiger partial charge in [0.05, 0.1) is 29.6 Å². The molecule has 1 aliphatic heterocycles. The Morgan fingerprint density at radius 2 is 1.70 bits per heavy atom. The Balaban J connectivity index is 1.63. The number of rotatable bonds is 6. The van der Waals surface area contributed by atoms with Crippen molar-refractivity contribution in [1.29, 1.82) is 0 Å². The van der Waals surface area contributed by atoms with E-state index in [0.717, 1.165) is 41.0 Å². The zero-order valence-corrected chi connectivity index (χ0v) is 23.4. The van der Waals surface area contributed by atoms with E-state index in [1.54, 1.807) is 41.1 Å². The third-order valence-electron chi connectivity index (χ3n) is 6.77. The molecule has 0 aliphatic carbocycles. The number of hydrogen-bond acceptors (Lipinski definition) is 4. The lowest BCUT2D eigenvalue weighted by atomic mass is 9.96. The first-order valence-corrected chi connectivity index (χ1v) is 14.6. The van der Waals surface area contributed by atoms with E-state index in [4.69, 9.17) is 12.2 Å². The van der Waals surface area contributed by atoms with Gasteiger partial charge in [0.15, 0.2) is 5.11 Å². The monoisotopic (exact) mass is 585 g/mol. The number of thiocarbonyl (C=S) groups is 1. The van der Waals surface area contributed by atoms with E-state index < -0.39 is 27.8 Å². The van der Waals surface area contributed by atoms with Crippen molar-refractivity contribution in [2.45, 2.75) is 32.1 Å². The van der Waals surface area contributed by atoms with Crippen molar-refractivity contribution >= 4 is 38.7 Å². The van der Waals surface area contributed by atoms with Gasteiger partial charge >= 0.3 is 6.18 Å². The highest BCUT2D eigenvalue weighted by molar-refractivity contribution is 7.92. The minimum absolute atomic E-state index is 0.363. The SMILES string of the molecule is Cc1cc(C2C(c3ccccn3)NC(=S)N2c2ccc(NS(C)(=O)=O)cc2)c(C)n1-c1cccc(C(F)(F)F)c1. The number of benzene rings is 2. The molecule has 7 nitrogen and oxygen atoms in total. The highest BCUT2D eigenvalue weighted by atomic mass is 32.2. The van der Waals surface area contributed by atoms with E-state index in [1.165, 1.54) is 6.07 Å². The Bertz CT molecular complexity index is 1670. The molecular formula is C28H26F3N5O2S2. The maximum atomic E-state index is 13.5.